The first-order chi connectivity index (χ1) is 10.2. The highest BCUT2D eigenvalue weighted by Crippen LogP contribution is 2.31. The fourth-order valence-corrected chi connectivity index (χ4v) is 2.97. The van der Waals surface area contributed by atoms with Crippen molar-refractivity contribution in [3.63, 3.8) is 0 Å². The number of hydrogen-bond acceptors (Lipinski definition) is 5. The van der Waals surface area contributed by atoms with Gasteiger partial charge in [0.15, 0.2) is 11.6 Å². The molecule has 1 amide bonds. The molecule has 2 aromatic heterocycles. The molecule has 0 radical (unpaired) electrons. The number of amides is 1. The zero-order valence-corrected chi connectivity index (χ0v) is 11.2. The van der Waals surface area contributed by atoms with Crippen molar-refractivity contribution in [2.24, 2.45) is 0 Å². The van der Waals surface area contributed by atoms with Crippen molar-refractivity contribution in [1.82, 2.24) is 29.6 Å². The Bertz CT molecular complexity index is 733. The Morgan fingerprint density at radius 1 is 1.43 bits per heavy atom. The number of likely N-dealkylation sites (tertiary alicyclic amines) is 1. The summed E-state index contributed by atoms with van der Waals surface area (Å²) in [4.78, 5) is 32.5. The van der Waals surface area contributed by atoms with Gasteiger partial charge in [0.1, 0.15) is 12.2 Å². The van der Waals surface area contributed by atoms with Gasteiger partial charge < -0.3 is 14.6 Å². The summed E-state index contributed by atoms with van der Waals surface area (Å²) in [5.74, 6) is 0.774. The molecule has 1 atom stereocenters. The number of aromatic amines is 2. The normalized spacial score (nSPS) is 24.5. The lowest BCUT2D eigenvalue weighted by molar-refractivity contribution is -0.0816. The van der Waals surface area contributed by atoms with E-state index >= 15 is 0 Å². The van der Waals surface area contributed by atoms with Crippen LogP contribution in [0.25, 0.3) is 0 Å². The molecular formula is C12H14N6O3. The van der Waals surface area contributed by atoms with Gasteiger partial charge in [-0.25, -0.2) is 14.9 Å². The van der Waals surface area contributed by atoms with Gasteiger partial charge in [0.2, 0.25) is 0 Å². The Morgan fingerprint density at radius 3 is 3.14 bits per heavy atom. The van der Waals surface area contributed by atoms with Crippen LogP contribution in [0.15, 0.2) is 17.2 Å². The number of nitrogens with zero attached hydrogens (tertiary/aromatic N) is 4. The molecule has 4 heterocycles. The number of imidazole rings is 1. The van der Waals surface area contributed by atoms with E-state index in [1.165, 1.54) is 0 Å². The minimum Gasteiger partial charge on any atom is -0.363 e. The van der Waals surface area contributed by atoms with E-state index in [0.717, 1.165) is 0 Å². The van der Waals surface area contributed by atoms with Crippen LogP contribution in [-0.4, -0.2) is 54.2 Å². The standard InChI is InChI=1S/C12H14N6O3/c19-10(9-13-2-3-14-9)17-4-1-12(6-17)7-18-8(5-21-12)15-16-11(18)20/h2-3H,1,4-7H2,(H,13,14)(H,16,20). The van der Waals surface area contributed by atoms with Crippen LogP contribution in [0.4, 0.5) is 0 Å². The smallest absolute Gasteiger partial charge is 0.343 e. The molecule has 2 aromatic rings. The van der Waals surface area contributed by atoms with Crippen LogP contribution in [-0.2, 0) is 17.9 Å². The third-order valence-electron chi connectivity index (χ3n) is 4.10. The van der Waals surface area contributed by atoms with E-state index in [1.807, 2.05) is 0 Å². The highest BCUT2D eigenvalue weighted by atomic mass is 16.5. The van der Waals surface area contributed by atoms with E-state index in [4.69, 9.17) is 4.74 Å². The second-order valence-corrected chi connectivity index (χ2v) is 5.42. The van der Waals surface area contributed by atoms with Crippen LogP contribution < -0.4 is 5.69 Å². The Morgan fingerprint density at radius 2 is 2.33 bits per heavy atom. The van der Waals surface area contributed by atoms with Gasteiger partial charge >= 0.3 is 5.69 Å². The maximum atomic E-state index is 12.3. The maximum absolute atomic E-state index is 12.3. The zero-order chi connectivity index (χ0) is 14.4. The molecular weight excluding hydrogens is 276 g/mol. The molecule has 0 aliphatic carbocycles. The molecule has 110 valence electrons. The summed E-state index contributed by atoms with van der Waals surface area (Å²) in [5, 5.41) is 6.33. The van der Waals surface area contributed by atoms with Crippen molar-refractivity contribution in [1.29, 1.82) is 0 Å². The number of aromatic nitrogens is 5. The maximum Gasteiger partial charge on any atom is 0.343 e. The number of carbonyl (C=O) groups excluding carboxylic acids is 1. The highest BCUT2D eigenvalue weighted by Gasteiger charge is 2.45. The SMILES string of the molecule is O=C(c1ncc[nH]1)N1CCC2(C1)Cn1c(n[nH]c1=O)CO2. The number of rotatable bonds is 1. The highest BCUT2D eigenvalue weighted by molar-refractivity contribution is 5.90. The van der Waals surface area contributed by atoms with Crippen LogP contribution in [0.5, 0.6) is 0 Å². The van der Waals surface area contributed by atoms with E-state index in [9.17, 15) is 9.59 Å². The van der Waals surface area contributed by atoms with E-state index < -0.39 is 5.60 Å². The van der Waals surface area contributed by atoms with Crippen LogP contribution in [0.3, 0.4) is 0 Å². The second-order valence-electron chi connectivity index (χ2n) is 5.42. The van der Waals surface area contributed by atoms with Gasteiger partial charge in [0.25, 0.3) is 5.91 Å². The monoisotopic (exact) mass is 290 g/mol. The second kappa shape index (κ2) is 4.29. The lowest BCUT2D eigenvalue weighted by atomic mass is 10.0. The number of carbonyl (C=O) groups is 1. The Labute approximate surface area is 118 Å². The Balaban J connectivity index is 1.55. The molecule has 1 saturated heterocycles. The predicted molar refractivity (Wildman–Crippen MR) is 69.5 cm³/mol. The van der Waals surface area contributed by atoms with Crippen molar-refractivity contribution in [2.75, 3.05) is 13.1 Å². The molecule has 1 unspecified atom stereocenters. The third kappa shape index (κ3) is 1.88. The third-order valence-corrected chi connectivity index (χ3v) is 4.10. The van der Waals surface area contributed by atoms with Gasteiger partial charge in [-0.2, -0.15) is 5.10 Å². The molecule has 2 aliphatic heterocycles. The molecule has 9 heteroatoms. The molecule has 21 heavy (non-hydrogen) atoms. The minimum atomic E-state index is -0.511. The molecule has 0 bridgehead atoms. The number of H-pyrrole nitrogens is 2. The summed E-state index contributed by atoms with van der Waals surface area (Å²) in [6.07, 6.45) is 3.86. The average molecular weight is 290 g/mol. The van der Waals surface area contributed by atoms with Crippen molar-refractivity contribution in [3.8, 4) is 0 Å². The molecule has 2 N–H and O–H groups in total. The summed E-state index contributed by atoms with van der Waals surface area (Å²) in [5.41, 5.74) is -0.744. The lowest BCUT2D eigenvalue weighted by Gasteiger charge is -2.33. The Kier molecular flexibility index (Phi) is 2.52. The molecule has 0 aromatic carbocycles. The lowest BCUT2D eigenvalue weighted by Crippen LogP contribution is -2.47. The van der Waals surface area contributed by atoms with Crippen molar-refractivity contribution >= 4 is 5.91 Å². The Hall–Kier alpha value is -2.42. The van der Waals surface area contributed by atoms with Gasteiger partial charge in [-0.1, -0.05) is 0 Å². The first-order valence-corrected chi connectivity index (χ1v) is 6.74. The topological polar surface area (TPSA) is 109 Å². The van der Waals surface area contributed by atoms with Crippen LogP contribution >= 0.6 is 0 Å². The van der Waals surface area contributed by atoms with E-state index in [-0.39, 0.29) is 18.2 Å². The molecule has 2 aliphatic rings. The fraction of sp³-hybridized carbons (Fsp3) is 0.500. The minimum absolute atomic E-state index is 0.147. The largest absolute Gasteiger partial charge is 0.363 e. The molecule has 9 nitrogen and oxygen atoms in total. The molecule has 1 spiro atoms. The summed E-state index contributed by atoms with van der Waals surface area (Å²) >= 11 is 0. The summed E-state index contributed by atoms with van der Waals surface area (Å²) in [6, 6.07) is 0. The molecule has 1 fully saturated rings. The summed E-state index contributed by atoms with van der Waals surface area (Å²) in [6.45, 7) is 1.73. The van der Waals surface area contributed by atoms with Gasteiger partial charge in [0, 0.05) is 18.9 Å². The van der Waals surface area contributed by atoms with Crippen molar-refractivity contribution in [3.05, 3.63) is 34.5 Å². The zero-order valence-electron chi connectivity index (χ0n) is 11.2. The van der Waals surface area contributed by atoms with Crippen molar-refractivity contribution in [2.45, 2.75) is 25.2 Å². The van der Waals surface area contributed by atoms with Crippen LogP contribution in [0.2, 0.25) is 0 Å². The molecule has 0 saturated carbocycles. The predicted octanol–water partition coefficient (Wildman–Crippen LogP) is -0.890. The fourth-order valence-electron chi connectivity index (χ4n) is 2.97. The first-order valence-electron chi connectivity index (χ1n) is 6.74. The number of fused-ring (bicyclic) bond motifs is 1. The average Bonchev–Trinajstić information content (AvgIpc) is 3.21. The van der Waals surface area contributed by atoms with Gasteiger partial charge in [0.05, 0.1) is 13.1 Å². The summed E-state index contributed by atoms with van der Waals surface area (Å²) < 4.78 is 7.48. The van der Waals surface area contributed by atoms with Gasteiger partial charge in [-0.05, 0) is 6.42 Å². The van der Waals surface area contributed by atoms with Crippen LogP contribution in [0.1, 0.15) is 22.9 Å². The summed E-state index contributed by atoms with van der Waals surface area (Å²) in [7, 11) is 0. The van der Waals surface area contributed by atoms with E-state index in [1.54, 1.807) is 21.9 Å². The van der Waals surface area contributed by atoms with E-state index in [2.05, 4.69) is 20.2 Å². The number of hydrogen-bond donors (Lipinski definition) is 2. The van der Waals surface area contributed by atoms with Gasteiger partial charge in [-0.3, -0.25) is 9.36 Å². The number of ether oxygens (including phenoxy) is 1. The van der Waals surface area contributed by atoms with Crippen LogP contribution in [0, 0.1) is 0 Å². The van der Waals surface area contributed by atoms with Gasteiger partial charge in [-0.15, -0.1) is 0 Å². The molecule has 4 rings (SSSR count). The quantitative estimate of drug-likeness (QED) is 0.708. The van der Waals surface area contributed by atoms with E-state index in [0.29, 0.717) is 37.7 Å². The first kappa shape index (κ1) is 12.3. The number of nitrogens with one attached hydrogen (secondary N) is 2. The van der Waals surface area contributed by atoms with Crippen molar-refractivity contribution < 1.29 is 9.53 Å².